The molecule has 3 aromatic heterocycles. The number of carbonyl (C=O) groups is 2. The molecule has 0 aliphatic carbocycles. The SMILES string of the molecule is CCOC(=O)c1c2sc(C(C)=O)c(O)c2c2c(C)cc(C)cn12. The normalized spacial score (nSPS) is 11.3. The van der Waals surface area contributed by atoms with E-state index in [2.05, 4.69) is 0 Å². The van der Waals surface area contributed by atoms with Crippen molar-refractivity contribution in [3.63, 3.8) is 0 Å². The van der Waals surface area contributed by atoms with Gasteiger partial charge in [0, 0.05) is 13.1 Å². The molecule has 0 bridgehead atoms. The van der Waals surface area contributed by atoms with Crippen LogP contribution in [0.3, 0.4) is 0 Å². The van der Waals surface area contributed by atoms with Crippen molar-refractivity contribution in [1.29, 1.82) is 0 Å². The Morgan fingerprint density at radius 1 is 1.35 bits per heavy atom. The van der Waals surface area contributed by atoms with E-state index in [1.54, 1.807) is 11.3 Å². The molecule has 3 heterocycles. The number of carbonyl (C=O) groups excluding carboxylic acids is 2. The molecule has 0 aliphatic rings. The van der Waals surface area contributed by atoms with Crippen molar-refractivity contribution in [3.8, 4) is 5.75 Å². The van der Waals surface area contributed by atoms with E-state index in [4.69, 9.17) is 4.74 Å². The highest BCUT2D eigenvalue weighted by Crippen LogP contribution is 2.44. The van der Waals surface area contributed by atoms with Crippen molar-refractivity contribution in [2.45, 2.75) is 27.7 Å². The maximum atomic E-state index is 12.4. The van der Waals surface area contributed by atoms with E-state index in [0.717, 1.165) is 28.0 Å². The second-order valence-corrected chi connectivity index (χ2v) is 6.55. The first kappa shape index (κ1) is 15.6. The number of thiophene rings is 1. The highest BCUT2D eigenvalue weighted by atomic mass is 32.1. The van der Waals surface area contributed by atoms with E-state index in [1.807, 2.05) is 26.1 Å². The number of rotatable bonds is 3. The Hall–Kier alpha value is -2.34. The van der Waals surface area contributed by atoms with E-state index < -0.39 is 5.97 Å². The van der Waals surface area contributed by atoms with Gasteiger partial charge in [-0.05, 0) is 31.9 Å². The van der Waals surface area contributed by atoms with E-state index in [1.165, 1.54) is 6.92 Å². The topological polar surface area (TPSA) is 68.0 Å². The van der Waals surface area contributed by atoms with Gasteiger partial charge in [-0.3, -0.25) is 4.79 Å². The number of ketones is 1. The third-order valence-corrected chi connectivity index (χ3v) is 5.04. The molecule has 0 spiro atoms. The average molecular weight is 331 g/mol. The molecule has 120 valence electrons. The molecule has 1 N–H and O–H groups in total. The van der Waals surface area contributed by atoms with Crippen molar-refractivity contribution in [2.24, 2.45) is 0 Å². The molecule has 3 aromatic rings. The summed E-state index contributed by atoms with van der Waals surface area (Å²) in [5.74, 6) is -0.738. The molecule has 6 heteroatoms. The lowest BCUT2D eigenvalue weighted by molar-refractivity contribution is 0.0521. The summed E-state index contributed by atoms with van der Waals surface area (Å²) in [5.41, 5.74) is 3.01. The van der Waals surface area contributed by atoms with Gasteiger partial charge in [0.2, 0.25) is 0 Å². The first-order valence-corrected chi connectivity index (χ1v) is 8.13. The van der Waals surface area contributed by atoms with Crippen LogP contribution in [0, 0.1) is 13.8 Å². The summed E-state index contributed by atoms with van der Waals surface area (Å²) in [6.07, 6.45) is 1.84. The van der Waals surface area contributed by atoms with Gasteiger partial charge in [-0.2, -0.15) is 0 Å². The Balaban J connectivity index is 2.52. The molecule has 3 rings (SSSR count). The lowest BCUT2D eigenvalue weighted by atomic mass is 10.1. The summed E-state index contributed by atoms with van der Waals surface area (Å²) in [6, 6.07) is 1.98. The summed E-state index contributed by atoms with van der Waals surface area (Å²) in [7, 11) is 0. The van der Waals surface area contributed by atoms with Gasteiger partial charge in [-0.25, -0.2) is 4.79 Å². The molecule has 0 fully saturated rings. The fraction of sp³-hybridized carbons (Fsp3) is 0.294. The molecule has 0 saturated carbocycles. The number of ether oxygens (including phenoxy) is 1. The van der Waals surface area contributed by atoms with Crippen LogP contribution in [-0.4, -0.2) is 27.9 Å². The first-order chi connectivity index (χ1) is 10.9. The van der Waals surface area contributed by atoms with Crippen LogP contribution in [0.2, 0.25) is 0 Å². The van der Waals surface area contributed by atoms with Crippen LogP contribution in [0.5, 0.6) is 5.75 Å². The van der Waals surface area contributed by atoms with Crippen LogP contribution in [0.25, 0.3) is 15.6 Å². The number of pyridine rings is 1. The first-order valence-electron chi connectivity index (χ1n) is 7.31. The van der Waals surface area contributed by atoms with Crippen molar-refractivity contribution >= 4 is 38.7 Å². The molecular weight excluding hydrogens is 314 g/mol. The van der Waals surface area contributed by atoms with Gasteiger partial charge < -0.3 is 14.2 Å². The minimum Gasteiger partial charge on any atom is -0.506 e. The van der Waals surface area contributed by atoms with Crippen molar-refractivity contribution in [2.75, 3.05) is 6.61 Å². The third kappa shape index (κ3) is 2.21. The molecule has 0 amide bonds. The number of aryl methyl sites for hydroxylation is 2. The van der Waals surface area contributed by atoms with Crippen LogP contribution >= 0.6 is 11.3 Å². The summed E-state index contributed by atoms with van der Waals surface area (Å²) in [5, 5.41) is 11.0. The quantitative estimate of drug-likeness (QED) is 0.584. The van der Waals surface area contributed by atoms with Gasteiger partial charge in [0.1, 0.15) is 16.3 Å². The van der Waals surface area contributed by atoms with Crippen LogP contribution < -0.4 is 0 Å². The Kier molecular flexibility index (Phi) is 3.64. The average Bonchev–Trinajstić information content (AvgIpc) is 2.94. The molecule has 0 saturated heterocycles. The van der Waals surface area contributed by atoms with Gasteiger partial charge in [0.05, 0.1) is 22.2 Å². The summed E-state index contributed by atoms with van der Waals surface area (Å²) < 4.78 is 7.51. The van der Waals surface area contributed by atoms with E-state index in [9.17, 15) is 14.7 Å². The second kappa shape index (κ2) is 5.38. The van der Waals surface area contributed by atoms with Crippen LogP contribution in [-0.2, 0) is 4.74 Å². The van der Waals surface area contributed by atoms with E-state index >= 15 is 0 Å². The number of Topliss-reactive ketones (excluding diaryl/α,β-unsaturated/α-hetero) is 1. The van der Waals surface area contributed by atoms with Crippen LogP contribution in [0.4, 0.5) is 0 Å². The molecular formula is C17H17NO4S. The highest BCUT2D eigenvalue weighted by molar-refractivity contribution is 7.21. The number of aromatic nitrogens is 1. The number of hydrogen-bond donors (Lipinski definition) is 1. The number of hydrogen-bond acceptors (Lipinski definition) is 5. The Morgan fingerprint density at radius 2 is 2.04 bits per heavy atom. The molecule has 0 radical (unpaired) electrons. The smallest absolute Gasteiger partial charge is 0.356 e. The maximum absolute atomic E-state index is 12.4. The van der Waals surface area contributed by atoms with Crippen LogP contribution in [0.15, 0.2) is 12.3 Å². The third-order valence-electron chi connectivity index (χ3n) is 3.76. The molecule has 0 aliphatic heterocycles. The molecule has 0 unspecified atom stereocenters. The van der Waals surface area contributed by atoms with Crippen molar-refractivity contribution in [3.05, 3.63) is 34.0 Å². The molecule has 0 atom stereocenters. The van der Waals surface area contributed by atoms with Crippen LogP contribution in [0.1, 0.15) is 45.1 Å². The fourth-order valence-electron chi connectivity index (χ4n) is 2.95. The second-order valence-electron chi connectivity index (χ2n) is 5.53. The molecule has 5 nitrogen and oxygen atoms in total. The molecule has 0 aromatic carbocycles. The zero-order valence-electron chi connectivity index (χ0n) is 13.4. The number of aromatic hydroxyl groups is 1. The van der Waals surface area contributed by atoms with E-state index in [-0.39, 0.29) is 23.0 Å². The largest absolute Gasteiger partial charge is 0.506 e. The lowest BCUT2D eigenvalue weighted by Gasteiger charge is -2.07. The summed E-state index contributed by atoms with van der Waals surface area (Å²) >= 11 is 1.13. The minimum atomic E-state index is -0.459. The predicted octanol–water partition coefficient (Wildman–Crippen LogP) is 3.86. The standard InChI is InChI=1S/C17H17NO4S/c1-5-22-17(21)13-16-11(14(20)15(23-16)10(4)19)12-9(3)6-8(2)7-18(12)13/h6-7,20H,5H2,1-4H3. The zero-order valence-corrected chi connectivity index (χ0v) is 14.2. The van der Waals surface area contributed by atoms with Gasteiger partial charge >= 0.3 is 5.97 Å². The number of nitrogens with zero attached hydrogens (tertiary/aromatic N) is 1. The lowest BCUT2D eigenvalue weighted by Crippen LogP contribution is -2.08. The number of esters is 1. The summed E-state index contributed by atoms with van der Waals surface area (Å²) in [6.45, 7) is 7.27. The monoisotopic (exact) mass is 331 g/mol. The van der Waals surface area contributed by atoms with Gasteiger partial charge in [-0.1, -0.05) is 6.07 Å². The van der Waals surface area contributed by atoms with Gasteiger partial charge in [-0.15, -0.1) is 11.3 Å². The highest BCUT2D eigenvalue weighted by Gasteiger charge is 2.27. The predicted molar refractivity (Wildman–Crippen MR) is 89.9 cm³/mol. The van der Waals surface area contributed by atoms with Crippen molar-refractivity contribution in [1.82, 2.24) is 4.40 Å². The Morgan fingerprint density at radius 3 is 2.65 bits per heavy atom. The van der Waals surface area contributed by atoms with Gasteiger partial charge in [0.15, 0.2) is 5.78 Å². The van der Waals surface area contributed by atoms with E-state index in [0.29, 0.717) is 15.8 Å². The Bertz CT molecular complexity index is 964. The number of fused-ring (bicyclic) bond motifs is 3. The van der Waals surface area contributed by atoms with Gasteiger partial charge in [0.25, 0.3) is 0 Å². The molecule has 23 heavy (non-hydrogen) atoms. The Labute approximate surface area is 137 Å². The summed E-state index contributed by atoms with van der Waals surface area (Å²) in [4.78, 5) is 24.5. The fourth-order valence-corrected chi connectivity index (χ4v) is 4.07. The zero-order chi connectivity index (χ0) is 16.9. The minimum absolute atomic E-state index is 0.0579. The maximum Gasteiger partial charge on any atom is 0.356 e. The van der Waals surface area contributed by atoms with Crippen molar-refractivity contribution < 1.29 is 19.4 Å².